The van der Waals surface area contributed by atoms with Crippen LogP contribution in [0.15, 0.2) is 42.6 Å². The summed E-state index contributed by atoms with van der Waals surface area (Å²) in [7, 11) is 0. The molecule has 4 heteroatoms. The van der Waals surface area contributed by atoms with Crippen molar-refractivity contribution >= 4 is 17.3 Å². The first-order valence-electron chi connectivity index (χ1n) is 5.63. The summed E-state index contributed by atoms with van der Waals surface area (Å²) >= 11 is 5.91. The van der Waals surface area contributed by atoms with Gasteiger partial charge in [-0.15, -0.1) is 0 Å². The fraction of sp³-hybridized carbons (Fsp3) is 0.143. The van der Waals surface area contributed by atoms with E-state index in [-0.39, 0.29) is 0 Å². The predicted octanol–water partition coefficient (Wildman–Crippen LogP) is 3.26. The number of hydrogen-bond donors (Lipinski definition) is 1. The number of pyridine rings is 1. The summed E-state index contributed by atoms with van der Waals surface area (Å²) in [5.74, 6) is 0. The lowest BCUT2D eigenvalue weighted by Gasteiger charge is -2.08. The van der Waals surface area contributed by atoms with E-state index in [9.17, 15) is 0 Å². The standard InChI is InChI=1S/C14H12ClN3/c15-12-5-4-11(10-16)14(9-12)18-8-6-13-3-1-2-7-17-13/h1-5,7,9,18H,6,8H2. The first kappa shape index (κ1) is 12.4. The first-order valence-corrected chi connectivity index (χ1v) is 6.01. The van der Waals surface area contributed by atoms with Gasteiger partial charge in [-0.3, -0.25) is 4.98 Å². The number of nitrogens with one attached hydrogen (secondary N) is 1. The molecule has 0 aliphatic heterocycles. The number of rotatable bonds is 4. The molecule has 1 aromatic carbocycles. The second kappa shape index (κ2) is 6.04. The largest absolute Gasteiger partial charge is 0.384 e. The van der Waals surface area contributed by atoms with E-state index >= 15 is 0 Å². The Bertz CT molecular complexity index is 561. The molecule has 90 valence electrons. The molecule has 2 rings (SSSR count). The van der Waals surface area contributed by atoms with E-state index in [0.29, 0.717) is 17.1 Å². The lowest BCUT2D eigenvalue weighted by atomic mass is 10.2. The Labute approximate surface area is 111 Å². The van der Waals surface area contributed by atoms with Crippen molar-refractivity contribution in [3.8, 4) is 6.07 Å². The molecule has 1 heterocycles. The number of aromatic nitrogens is 1. The second-order valence-corrected chi connectivity index (χ2v) is 4.24. The monoisotopic (exact) mass is 257 g/mol. The maximum absolute atomic E-state index is 8.98. The van der Waals surface area contributed by atoms with Gasteiger partial charge in [0.05, 0.1) is 11.3 Å². The number of anilines is 1. The van der Waals surface area contributed by atoms with Crippen LogP contribution in [0.2, 0.25) is 5.02 Å². The molecule has 3 nitrogen and oxygen atoms in total. The maximum atomic E-state index is 8.98. The number of benzene rings is 1. The molecule has 0 saturated carbocycles. The molecule has 0 atom stereocenters. The van der Waals surface area contributed by atoms with Crippen molar-refractivity contribution in [1.29, 1.82) is 5.26 Å². The summed E-state index contributed by atoms with van der Waals surface area (Å²) in [4.78, 5) is 4.24. The summed E-state index contributed by atoms with van der Waals surface area (Å²) in [5.41, 5.74) is 2.38. The molecule has 0 radical (unpaired) electrons. The highest BCUT2D eigenvalue weighted by Gasteiger charge is 2.02. The molecule has 0 spiro atoms. The van der Waals surface area contributed by atoms with Crippen molar-refractivity contribution in [3.05, 3.63) is 58.9 Å². The summed E-state index contributed by atoms with van der Waals surface area (Å²) in [6.45, 7) is 0.714. The summed E-state index contributed by atoms with van der Waals surface area (Å²) in [6.07, 6.45) is 2.58. The minimum Gasteiger partial charge on any atom is -0.384 e. The normalized spacial score (nSPS) is 9.78. The summed E-state index contributed by atoms with van der Waals surface area (Å²) in [5, 5.41) is 12.8. The number of hydrogen-bond acceptors (Lipinski definition) is 3. The number of halogens is 1. The quantitative estimate of drug-likeness (QED) is 0.915. The zero-order chi connectivity index (χ0) is 12.8. The maximum Gasteiger partial charge on any atom is 0.101 e. The number of nitriles is 1. The average Bonchev–Trinajstić information content (AvgIpc) is 2.40. The minimum absolute atomic E-state index is 0.598. The van der Waals surface area contributed by atoms with Gasteiger partial charge in [-0.05, 0) is 30.3 Å². The Morgan fingerprint density at radius 3 is 2.89 bits per heavy atom. The van der Waals surface area contributed by atoms with E-state index in [0.717, 1.165) is 17.8 Å². The van der Waals surface area contributed by atoms with Crippen molar-refractivity contribution in [2.45, 2.75) is 6.42 Å². The summed E-state index contributed by atoms with van der Waals surface area (Å²) < 4.78 is 0. The second-order valence-electron chi connectivity index (χ2n) is 3.80. The van der Waals surface area contributed by atoms with Gasteiger partial charge in [-0.1, -0.05) is 17.7 Å². The molecular weight excluding hydrogens is 246 g/mol. The lowest BCUT2D eigenvalue weighted by molar-refractivity contribution is 0.961. The van der Waals surface area contributed by atoms with Gasteiger partial charge in [-0.25, -0.2) is 0 Å². The Kier molecular flexibility index (Phi) is 4.16. The van der Waals surface area contributed by atoms with Gasteiger partial charge in [-0.2, -0.15) is 5.26 Å². The van der Waals surface area contributed by atoms with Crippen LogP contribution in [-0.2, 0) is 6.42 Å². The van der Waals surface area contributed by atoms with Crippen molar-refractivity contribution in [2.24, 2.45) is 0 Å². The molecule has 0 fully saturated rings. The van der Waals surface area contributed by atoms with E-state index < -0.39 is 0 Å². The van der Waals surface area contributed by atoms with Crippen LogP contribution < -0.4 is 5.32 Å². The molecule has 1 aromatic heterocycles. The SMILES string of the molecule is N#Cc1ccc(Cl)cc1NCCc1ccccn1. The molecule has 2 aromatic rings. The fourth-order valence-corrected chi connectivity index (χ4v) is 1.80. The van der Waals surface area contributed by atoms with Crippen LogP contribution >= 0.6 is 11.6 Å². The van der Waals surface area contributed by atoms with Crippen LogP contribution in [0.4, 0.5) is 5.69 Å². The molecule has 0 aliphatic rings. The van der Waals surface area contributed by atoms with Crippen LogP contribution in [0.1, 0.15) is 11.3 Å². The highest BCUT2D eigenvalue weighted by molar-refractivity contribution is 6.30. The third-order valence-electron chi connectivity index (χ3n) is 2.52. The van der Waals surface area contributed by atoms with Crippen LogP contribution in [0.25, 0.3) is 0 Å². The zero-order valence-electron chi connectivity index (χ0n) is 9.73. The lowest BCUT2D eigenvalue weighted by Crippen LogP contribution is -2.07. The Hall–Kier alpha value is -2.05. The van der Waals surface area contributed by atoms with Crippen LogP contribution in [0, 0.1) is 11.3 Å². The minimum atomic E-state index is 0.598. The van der Waals surface area contributed by atoms with Crippen LogP contribution in [-0.4, -0.2) is 11.5 Å². The first-order chi connectivity index (χ1) is 8.79. The topological polar surface area (TPSA) is 48.7 Å². The smallest absolute Gasteiger partial charge is 0.101 e. The van der Waals surface area contributed by atoms with E-state index in [2.05, 4.69) is 16.4 Å². The van der Waals surface area contributed by atoms with Crippen molar-refractivity contribution < 1.29 is 0 Å². The van der Waals surface area contributed by atoms with Gasteiger partial charge in [0.25, 0.3) is 0 Å². The van der Waals surface area contributed by atoms with Crippen molar-refractivity contribution in [2.75, 3.05) is 11.9 Å². The Morgan fingerprint density at radius 1 is 1.28 bits per heavy atom. The van der Waals surface area contributed by atoms with E-state index in [4.69, 9.17) is 16.9 Å². The molecule has 0 bridgehead atoms. The molecule has 0 aliphatic carbocycles. The number of nitrogens with zero attached hydrogens (tertiary/aromatic N) is 2. The van der Waals surface area contributed by atoms with E-state index in [1.807, 2.05) is 18.2 Å². The highest BCUT2D eigenvalue weighted by atomic mass is 35.5. The highest BCUT2D eigenvalue weighted by Crippen LogP contribution is 2.20. The van der Waals surface area contributed by atoms with Crippen LogP contribution in [0.3, 0.4) is 0 Å². The Morgan fingerprint density at radius 2 is 2.17 bits per heavy atom. The fourth-order valence-electron chi connectivity index (χ4n) is 1.63. The van der Waals surface area contributed by atoms with Gasteiger partial charge in [0.1, 0.15) is 6.07 Å². The molecule has 0 unspecified atom stereocenters. The third kappa shape index (κ3) is 3.22. The van der Waals surface area contributed by atoms with Gasteiger partial charge in [0.15, 0.2) is 0 Å². The van der Waals surface area contributed by atoms with E-state index in [1.54, 1.807) is 24.4 Å². The van der Waals surface area contributed by atoms with Gasteiger partial charge >= 0.3 is 0 Å². The van der Waals surface area contributed by atoms with Crippen molar-refractivity contribution in [1.82, 2.24) is 4.98 Å². The Balaban J connectivity index is 1.98. The van der Waals surface area contributed by atoms with Crippen molar-refractivity contribution in [3.63, 3.8) is 0 Å². The molecule has 0 saturated heterocycles. The van der Waals surface area contributed by atoms with Gasteiger partial charge < -0.3 is 5.32 Å². The summed E-state index contributed by atoms with van der Waals surface area (Å²) in [6, 6.07) is 13.2. The average molecular weight is 258 g/mol. The van der Waals surface area contributed by atoms with Crippen LogP contribution in [0.5, 0.6) is 0 Å². The molecule has 0 amide bonds. The predicted molar refractivity (Wildman–Crippen MR) is 72.6 cm³/mol. The molecular formula is C14H12ClN3. The zero-order valence-corrected chi connectivity index (χ0v) is 10.5. The van der Waals surface area contributed by atoms with Gasteiger partial charge in [0, 0.05) is 29.9 Å². The third-order valence-corrected chi connectivity index (χ3v) is 2.76. The molecule has 1 N–H and O–H groups in total. The molecule has 18 heavy (non-hydrogen) atoms. The van der Waals surface area contributed by atoms with E-state index in [1.165, 1.54) is 0 Å². The van der Waals surface area contributed by atoms with Gasteiger partial charge in [0.2, 0.25) is 0 Å².